The summed E-state index contributed by atoms with van der Waals surface area (Å²) >= 11 is 8.43. The Hall–Kier alpha value is -0.720. The van der Waals surface area contributed by atoms with Crippen molar-refractivity contribution in [3.63, 3.8) is 0 Å². The van der Waals surface area contributed by atoms with Crippen molar-refractivity contribution in [2.75, 3.05) is 31.5 Å². The van der Waals surface area contributed by atoms with E-state index in [-0.39, 0.29) is 5.82 Å². The summed E-state index contributed by atoms with van der Waals surface area (Å²) < 4.78 is 14.4. The quantitative estimate of drug-likeness (QED) is 0.589. The van der Waals surface area contributed by atoms with E-state index in [1.165, 1.54) is 32.0 Å². The molecular weight excluding hydrogens is 365 g/mol. The third-order valence-corrected chi connectivity index (χ3v) is 4.73. The highest BCUT2D eigenvalue weighted by Gasteiger charge is 2.14. The van der Waals surface area contributed by atoms with E-state index in [0.29, 0.717) is 15.3 Å². The molecule has 0 saturated carbocycles. The lowest BCUT2D eigenvalue weighted by molar-refractivity contribution is 0.191. The lowest BCUT2D eigenvalue weighted by Crippen LogP contribution is -2.36. The van der Waals surface area contributed by atoms with Crippen molar-refractivity contribution in [2.24, 2.45) is 5.92 Å². The fraction of sp³-hybridized carbons (Fsp3) is 0.562. The van der Waals surface area contributed by atoms with Crippen molar-refractivity contribution in [1.82, 2.24) is 10.2 Å². The minimum absolute atomic E-state index is 0.319. The van der Waals surface area contributed by atoms with Crippen molar-refractivity contribution in [3.8, 4) is 0 Å². The zero-order valence-corrected chi connectivity index (χ0v) is 15.3. The molecule has 1 aliphatic heterocycles. The van der Waals surface area contributed by atoms with Crippen LogP contribution < -0.4 is 10.6 Å². The fourth-order valence-electron chi connectivity index (χ4n) is 2.55. The van der Waals surface area contributed by atoms with E-state index >= 15 is 0 Å². The molecule has 2 rings (SSSR count). The summed E-state index contributed by atoms with van der Waals surface area (Å²) in [6, 6.07) is 4.87. The Morgan fingerprint density at radius 3 is 2.82 bits per heavy atom. The molecule has 0 bridgehead atoms. The first-order chi connectivity index (χ1) is 10.5. The summed E-state index contributed by atoms with van der Waals surface area (Å²) in [6.07, 6.45) is 3.64. The molecule has 1 fully saturated rings. The van der Waals surface area contributed by atoms with E-state index in [1.54, 1.807) is 12.1 Å². The van der Waals surface area contributed by atoms with Gasteiger partial charge in [0.1, 0.15) is 5.82 Å². The number of thiocarbonyl (C=S) groups is 1. The van der Waals surface area contributed by atoms with Gasteiger partial charge in [-0.15, -0.1) is 0 Å². The van der Waals surface area contributed by atoms with Crippen LogP contribution in [0.1, 0.15) is 26.2 Å². The number of anilines is 1. The first-order valence-corrected chi connectivity index (χ1v) is 8.97. The molecule has 1 saturated heterocycles. The van der Waals surface area contributed by atoms with Gasteiger partial charge in [-0.05, 0) is 75.2 Å². The van der Waals surface area contributed by atoms with Gasteiger partial charge >= 0.3 is 0 Å². The summed E-state index contributed by atoms with van der Waals surface area (Å²) in [4.78, 5) is 2.51. The molecule has 0 spiro atoms. The van der Waals surface area contributed by atoms with Crippen LogP contribution in [0.5, 0.6) is 0 Å². The molecule has 3 nitrogen and oxygen atoms in total. The van der Waals surface area contributed by atoms with Gasteiger partial charge in [-0.25, -0.2) is 4.39 Å². The predicted octanol–water partition coefficient (Wildman–Crippen LogP) is 4.00. The molecule has 22 heavy (non-hydrogen) atoms. The van der Waals surface area contributed by atoms with Gasteiger partial charge in [-0.1, -0.05) is 22.9 Å². The van der Waals surface area contributed by atoms with Gasteiger partial charge in [-0.3, -0.25) is 0 Å². The molecular formula is C16H23BrFN3S. The van der Waals surface area contributed by atoms with Gasteiger partial charge in [0, 0.05) is 11.0 Å². The Morgan fingerprint density at radius 2 is 2.14 bits per heavy atom. The monoisotopic (exact) mass is 387 g/mol. The average molecular weight is 388 g/mol. The van der Waals surface area contributed by atoms with Crippen LogP contribution in [0.4, 0.5) is 10.1 Å². The maximum absolute atomic E-state index is 13.7. The van der Waals surface area contributed by atoms with Crippen molar-refractivity contribution in [3.05, 3.63) is 28.5 Å². The van der Waals surface area contributed by atoms with Crippen LogP contribution in [0, 0.1) is 11.7 Å². The van der Waals surface area contributed by atoms with E-state index in [2.05, 4.69) is 38.4 Å². The lowest BCUT2D eigenvalue weighted by atomic mass is 9.99. The molecule has 1 aromatic carbocycles. The number of nitrogens with zero attached hydrogens (tertiary/aromatic N) is 1. The zero-order valence-electron chi connectivity index (χ0n) is 12.9. The summed E-state index contributed by atoms with van der Waals surface area (Å²) in [6.45, 7) is 6.62. The largest absolute Gasteiger partial charge is 0.362 e. The normalized spacial score (nSPS) is 16.5. The SMILES string of the molecule is CC1CCN(CCCNC(=S)Nc2ccc(Br)cc2F)CC1. The number of piperidine rings is 1. The molecule has 0 aliphatic carbocycles. The van der Waals surface area contributed by atoms with Crippen molar-refractivity contribution in [1.29, 1.82) is 0 Å². The standard InChI is InChI=1S/C16H23BrFN3S/c1-12-5-9-21(10-6-12)8-2-7-19-16(22)20-15-4-3-13(17)11-14(15)18/h3-4,11-12H,2,5-10H2,1H3,(H2,19,20,22). The third-order valence-electron chi connectivity index (χ3n) is 3.99. The Balaban J connectivity index is 1.63. The first-order valence-electron chi connectivity index (χ1n) is 7.77. The summed E-state index contributed by atoms with van der Waals surface area (Å²) in [5.74, 6) is 0.549. The van der Waals surface area contributed by atoms with E-state index in [4.69, 9.17) is 12.2 Å². The van der Waals surface area contributed by atoms with Gasteiger partial charge in [0.2, 0.25) is 0 Å². The third kappa shape index (κ3) is 5.82. The molecule has 1 heterocycles. The number of likely N-dealkylation sites (tertiary alicyclic amines) is 1. The molecule has 6 heteroatoms. The average Bonchev–Trinajstić information content (AvgIpc) is 2.48. The number of hydrogen-bond donors (Lipinski definition) is 2. The molecule has 1 aliphatic rings. The predicted molar refractivity (Wildman–Crippen MR) is 97.8 cm³/mol. The van der Waals surface area contributed by atoms with Gasteiger partial charge < -0.3 is 15.5 Å². The maximum Gasteiger partial charge on any atom is 0.170 e. The van der Waals surface area contributed by atoms with Crippen LogP contribution in [-0.2, 0) is 0 Å². The summed E-state index contributed by atoms with van der Waals surface area (Å²) in [5, 5.41) is 6.50. The lowest BCUT2D eigenvalue weighted by Gasteiger charge is -2.30. The van der Waals surface area contributed by atoms with Crippen LogP contribution in [0.25, 0.3) is 0 Å². The topological polar surface area (TPSA) is 27.3 Å². The minimum Gasteiger partial charge on any atom is -0.362 e. The fourth-order valence-corrected chi connectivity index (χ4v) is 3.09. The molecule has 2 N–H and O–H groups in total. The Bertz CT molecular complexity index is 504. The van der Waals surface area contributed by atoms with E-state index < -0.39 is 0 Å². The number of hydrogen-bond acceptors (Lipinski definition) is 2. The van der Waals surface area contributed by atoms with E-state index in [9.17, 15) is 4.39 Å². The van der Waals surface area contributed by atoms with Gasteiger partial charge in [0.15, 0.2) is 5.11 Å². The van der Waals surface area contributed by atoms with E-state index in [0.717, 1.165) is 25.4 Å². The Labute approximate surface area is 145 Å². The number of halogens is 2. The second-order valence-corrected chi connectivity index (χ2v) is 7.21. The van der Waals surface area contributed by atoms with Crippen molar-refractivity contribution >= 4 is 38.9 Å². The molecule has 0 aromatic heterocycles. The summed E-state index contributed by atoms with van der Waals surface area (Å²) in [7, 11) is 0. The minimum atomic E-state index is -0.319. The molecule has 0 radical (unpaired) electrons. The van der Waals surface area contributed by atoms with Crippen molar-refractivity contribution < 1.29 is 4.39 Å². The van der Waals surface area contributed by atoms with E-state index in [1.807, 2.05) is 0 Å². The number of benzene rings is 1. The van der Waals surface area contributed by atoms with Gasteiger partial charge in [0.25, 0.3) is 0 Å². The van der Waals surface area contributed by atoms with Gasteiger partial charge in [0.05, 0.1) is 5.69 Å². The molecule has 0 atom stereocenters. The summed E-state index contributed by atoms with van der Waals surface area (Å²) in [5.41, 5.74) is 0.394. The van der Waals surface area contributed by atoms with Crippen LogP contribution >= 0.6 is 28.1 Å². The Kier molecular flexibility index (Phi) is 7.05. The zero-order chi connectivity index (χ0) is 15.9. The second kappa shape index (κ2) is 8.79. The van der Waals surface area contributed by atoms with Crippen LogP contribution in [-0.4, -0.2) is 36.2 Å². The molecule has 122 valence electrons. The highest BCUT2D eigenvalue weighted by atomic mass is 79.9. The smallest absolute Gasteiger partial charge is 0.170 e. The number of nitrogens with one attached hydrogen (secondary N) is 2. The highest BCUT2D eigenvalue weighted by molar-refractivity contribution is 9.10. The van der Waals surface area contributed by atoms with Crippen LogP contribution in [0.15, 0.2) is 22.7 Å². The highest BCUT2D eigenvalue weighted by Crippen LogP contribution is 2.19. The first kappa shape index (κ1) is 17.6. The molecule has 0 amide bonds. The Morgan fingerprint density at radius 1 is 1.41 bits per heavy atom. The number of rotatable bonds is 5. The molecule has 1 aromatic rings. The van der Waals surface area contributed by atoms with Crippen LogP contribution in [0.2, 0.25) is 0 Å². The van der Waals surface area contributed by atoms with Gasteiger partial charge in [-0.2, -0.15) is 0 Å². The van der Waals surface area contributed by atoms with Crippen LogP contribution in [0.3, 0.4) is 0 Å². The maximum atomic E-state index is 13.7. The van der Waals surface area contributed by atoms with Crippen molar-refractivity contribution in [2.45, 2.75) is 26.2 Å². The molecule has 0 unspecified atom stereocenters. The second-order valence-electron chi connectivity index (χ2n) is 5.88.